The molecule has 1 aromatic carbocycles. The number of nitro benzene ring substituents is 1. The molecule has 0 aliphatic rings. The number of fused-ring (bicyclic) bond motifs is 1. The van der Waals surface area contributed by atoms with Gasteiger partial charge in [-0.25, -0.2) is 4.98 Å². The first-order valence-electron chi connectivity index (χ1n) is 7.96. The maximum Gasteiger partial charge on any atom is 0.292 e. The van der Waals surface area contributed by atoms with Gasteiger partial charge < -0.3 is 10.3 Å². The predicted octanol–water partition coefficient (Wildman–Crippen LogP) is 3.38. The van der Waals surface area contributed by atoms with Crippen molar-refractivity contribution < 1.29 is 9.72 Å². The summed E-state index contributed by atoms with van der Waals surface area (Å²) >= 11 is 2.74. The van der Waals surface area contributed by atoms with E-state index in [9.17, 15) is 19.7 Å². The van der Waals surface area contributed by atoms with Crippen LogP contribution in [0.5, 0.6) is 0 Å². The Morgan fingerprint density at radius 3 is 2.85 bits per heavy atom. The Labute approximate surface area is 162 Å². The van der Waals surface area contributed by atoms with E-state index in [1.165, 1.54) is 41.3 Å². The summed E-state index contributed by atoms with van der Waals surface area (Å²) in [6.45, 7) is 3.84. The number of carbonyl (C=O) groups is 1. The molecule has 0 spiro atoms. The summed E-state index contributed by atoms with van der Waals surface area (Å²) in [4.78, 5) is 43.7. The van der Waals surface area contributed by atoms with E-state index < -0.39 is 4.92 Å². The molecule has 0 radical (unpaired) electrons. The third-order valence-corrected chi connectivity index (χ3v) is 5.98. The zero-order valence-electron chi connectivity index (χ0n) is 14.6. The number of aryl methyl sites for hydroxylation is 2. The van der Waals surface area contributed by atoms with Crippen LogP contribution in [0.2, 0.25) is 0 Å². The second-order valence-corrected chi connectivity index (χ2v) is 7.98. The van der Waals surface area contributed by atoms with Gasteiger partial charge in [0.15, 0.2) is 0 Å². The molecule has 2 N–H and O–H groups in total. The quantitative estimate of drug-likeness (QED) is 0.480. The lowest BCUT2D eigenvalue weighted by atomic mass is 10.2. The van der Waals surface area contributed by atoms with E-state index in [4.69, 9.17) is 0 Å². The molecule has 0 aliphatic heterocycles. The summed E-state index contributed by atoms with van der Waals surface area (Å²) in [5.74, 6) is 0.569. The molecule has 8 nitrogen and oxygen atoms in total. The molecule has 3 aromatic rings. The number of hydrogen-bond donors (Lipinski definition) is 2. The van der Waals surface area contributed by atoms with E-state index in [1.807, 2.05) is 13.8 Å². The number of nitro groups is 1. The van der Waals surface area contributed by atoms with E-state index in [0.29, 0.717) is 21.8 Å². The maximum absolute atomic E-state index is 12.2. The molecule has 27 heavy (non-hydrogen) atoms. The van der Waals surface area contributed by atoms with E-state index in [0.717, 1.165) is 10.4 Å². The molecule has 140 valence electrons. The highest BCUT2D eigenvalue weighted by molar-refractivity contribution is 7.99. The number of carbonyl (C=O) groups excluding carboxylic acids is 1. The van der Waals surface area contributed by atoms with Crippen molar-refractivity contribution in [2.24, 2.45) is 0 Å². The van der Waals surface area contributed by atoms with Crippen molar-refractivity contribution in [1.82, 2.24) is 9.97 Å². The van der Waals surface area contributed by atoms with Crippen molar-refractivity contribution in [2.75, 3.05) is 11.1 Å². The van der Waals surface area contributed by atoms with Gasteiger partial charge in [-0.1, -0.05) is 12.1 Å². The minimum Gasteiger partial charge on any atom is -0.320 e. The van der Waals surface area contributed by atoms with Crippen molar-refractivity contribution in [1.29, 1.82) is 0 Å². The molecule has 10 heteroatoms. The second-order valence-electron chi connectivity index (χ2n) is 5.79. The Bertz CT molecular complexity index is 1090. The highest BCUT2D eigenvalue weighted by Gasteiger charge is 2.15. The third-order valence-electron chi connectivity index (χ3n) is 3.93. The molecule has 2 aromatic heterocycles. The monoisotopic (exact) mass is 404 g/mol. The van der Waals surface area contributed by atoms with Gasteiger partial charge in [-0.05, 0) is 25.5 Å². The number of benzene rings is 1. The minimum absolute atomic E-state index is 0.0797. The van der Waals surface area contributed by atoms with Gasteiger partial charge in [-0.2, -0.15) is 0 Å². The summed E-state index contributed by atoms with van der Waals surface area (Å²) in [6, 6.07) is 5.96. The number of aromatic nitrogens is 2. The summed E-state index contributed by atoms with van der Waals surface area (Å²) < 4.78 is 0. The lowest BCUT2D eigenvalue weighted by Crippen LogP contribution is -2.16. The molecule has 1 amide bonds. The SMILES string of the molecule is Cc1sc2nc(CSCC(=O)Nc3ccccc3[N+](=O)[O-])[nH]c(=O)c2c1C. The van der Waals surface area contributed by atoms with Crippen LogP contribution in [0.1, 0.15) is 16.3 Å². The Kier molecular flexibility index (Phi) is 5.57. The Morgan fingerprint density at radius 1 is 1.37 bits per heavy atom. The number of hydrogen-bond acceptors (Lipinski definition) is 7. The fourth-order valence-electron chi connectivity index (χ4n) is 2.53. The van der Waals surface area contributed by atoms with Gasteiger partial charge >= 0.3 is 0 Å². The number of thioether (sulfide) groups is 1. The van der Waals surface area contributed by atoms with Crippen molar-refractivity contribution in [3.63, 3.8) is 0 Å². The number of thiophene rings is 1. The van der Waals surface area contributed by atoms with Crippen LogP contribution in [0.4, 0.5) is 11.4 Å². The molecule has 0 atom stereocenters. The zero-order valence-corrected chi connectivity index (χ0v) is 16.2. The topological polar surface area (TPSA) is 118 Å². The van der Waals surface area contributed by atoms with Crippen molar-refractivity contribution >= 4 is 50.6 Å². The first-order chi connectivity index (χ1) is 12.9. The standard InChI is InChI=1S/C17H16N4O4S2/c1-9-10(2)27-17-15(9)16(23)19-13(20-17)7-26-8-14(22)18-11-5-3-4-6-12(11)21(24)25/h3-6H,7-8H2,1-2H3,(H,18,22)(H,19,20,23). The van der Waals surface area contributed by atoms with Gasteiger partial charge in [0.25, 0.3) is 11.2 Å². The zero-order chi connectivity index (χ0) is 19.6. The summed E-state index contributed by atoms with van der Waals surface area (Å²) in [6.07, 6.45) is 0. The number of anilines is 1. The number of aromatic amines is 1. The van der Waals surface area contributed by atoms with Gasteiger partial charge in [0, 0.05) is 10.9 Å². The first kappa shape index (κ1) is 19.1. The third kappa shape index (κ3) is 4.17. The molecule has 3 rings (SSSR count). The Balaban J connectivity index is 1.63. The largest absolute Gasteiger partial charge is 0.320 e. The summed E-state index contributed by atoms with van der Waals surface area (Å²) in [7, 11) is 0. The average Bonchev–Trinajstić information content (AvgIpc) is 2.89. The number of nitrogens with zero attached hydrogens (tertiary/aromatic N) is 2. The highest BCUT2D eigenvalue weighted by atomic mass is 32.2. The number of para-hydroxylation sites is 2. The average molecular weight is 404 g/mol. The molecule has 0 saturated heterocycles. The maximum atomic E-state index is 12.2. The highest BCUT2D eigenvalue weighted by Crippen LogP contribution is 2.26. The first-order valence-corrected chi connectivity index (χ1v) is 9.94. The number of H-pyrrole nitrogens is 1. The van der Waals surface area contributed by atoms with Gasteiger partial charge in [0.1, 0.15) is 16.3 Å². The van der Waals surface area contributed by atoms with Gasteiger partial charge in [0.05, 0.1) is 21.8 Å². The Hall–Kier alpha value is -2.72. The van der Waals surface area contributed by atoms with Crippen LogP contribution in [0, 0.1) is 24.0 Å². The van der Waals surface area contributed by atoms with Crippen LogP contribution in [-0.4, -0.2) is 26.6 Å². The fourth-order valence-corrected chi connectivity index (χ4v) is 4.27. The summed E-state index contributed by atoms with van der Waals surface area (Å²) in [5, 5.41) is 14.1. The van der Waals surface area contributed by atoms with Crippen molar-refractivity contribution in [2.45, 2.75) is 19.6 Å². The summed E-state index contributed by atoms with van der Waals surface area (Å²) in [5.41, 5.74) is 0.759. The van der Waals surface area contributed by atoms with Crippen LogP contribution < -0.4 is 10.9 Å². The lowest BCUT2D eigenvalue weighted by Gasteiger charge is -2.06. The minimum atomic E-state index is -0.544. The Morgan fingerprint density at radius 2 is 2.11 bits per heavy atom. The molecule has 2 heterocycles. The van der Waals surface area contributed by atoms with Crippen LogP contribution >= 0.6 is 23.1 Å². The lowest BCUT2D eigenvalue weighted by molar-refractivity contribution is -0.383. The van der Waals surface area contributed by atoms with Crippen LogP contribution in [0.3, 0.4) is 0 Å². The van der Waals surface area contributed by atoms with E-state index in [2.05, 4.69) is 15.3 Å². The van der Waals surface area contributed by atoms with E-state index in [1.54, 1.807) is 6.07 Å². The normalized spacial score (nSPS) is 10.9. The molecular weight excluding hydrogens is 388 g/mol. The molecular formula is C17H16N4O4S2. The smallest absolute Gasteiger partial charge is 0.292 e. The molecule has 0 bridgehead atoms. The van der Waals surface area contributed by atoms with Gasteiger partial charge in [-0.3, -0.25) is 19.7 Å². The number of amides is 1. The molecule has 0 fully saturated rings. The second kappa shape index (κ2) is 7.89. The predicted molar refractivity (Wildman–Crippen MR) is 108 cm³/mol. The van der Waals surface area contributed by atoms with Crippen molar-refractivity contribution in [3.05, 3.63) is 61.0 Å². The van der Waals surface area contributed by atoms with E-state index >= 15 is 0 Å². The van der Waals surface area contributed by atoms with Crippen LogP contribution in [-0.2, 0) is 10.5 Å². The number of rotatable bonds is 6. The van der Waals surface area contributed by atoms with Crippen LogP contribution in [0.15, 0.2) is 29.1 Å². The fraction of sp³-hybridized carbons (Fsp3) is 0.235. The van der Waals surface area contributed by atoms with Gasteiger partial charge in [0.2, 0.25) is 5.91 Å². The van der Waals surface area contributed by atoms with Crippen LogP contribution in [0.25, 0.3) is 10.2 Å². The van der Waals surface area contributed by atoms with E-state index in [-0.39, 0.29) is 28.6 Å². The van der Waals surface area contributed by atoms with Gasteiger partial charge in [-0.15, -0.1) is 23.1 Å². The molecule has 0 saturated carbocycles. The van der Waals surface area contributed by atoms with Crippen molar-refractivity contribution in [3.8, 4) is 0 Å². The number of nitrogens with one attached hydrogen (secondary N) is 2. The molecule has 0 unspecified atom stereocenters. The molecule has 0 aliphatic carbocycles.